The number of aromatic nitrogens is 2. The number of imidazole rings is 1. The molecule has 0 spiro atoms. The second kappa shape index (κ2) is 3.90. The van der Waals surface area contributed by atoms with Crippen molar-refractivity contribution in [2.24, 2.45) is 0 Å². The van der Waals surface area contributed by atoms with Crippen LogP contribution < -0.4 is 0 Å². The Hall–Kier alpha value is -1.95. The molecule has 0 amide bonds. The van der Waals surface area contributed by atoms with E-state index in [-0.39, 0.29) is 17.2 Å². The highest BCUT2D eigenvalue weighted by atomic mass is 32.1. The smallest absolute Gasteiger partial charge is 0.354 e. The van der Waals surface area contributed by atoms with Gasteiger partial charge in [-0.25, -0.2) is 9.78 Å². The van der Waals surface area contributed by atoms with E-state index in [1.54, 1.807) is 6.07 Å². The lowest BCUT2D eigenvalue weighted by Crippen LogP contribution is -2.08. The van der Waals surface area contributed by atoms with Gasteiger partial charge in [0.25, 0.3) is 0 Å². The number of carbonyl (C=O) groups excluding carboxylic acids is 1. The van der Waals surface area contributed by atoms with Crippen molar-refractivity contribution < 1.29 is 14.7 Å². The van der Waals surface area contributed by atoms with Gasteiger partial charge in [-0.05, 0) is 19.1 Å². The molecule has 0 aliphatic heterocycles. The van der Waals surface area contributed by atoms with E-state index in [0.717, 1.165) is 4.88 Å². The first-order valence-corrected chi connectivity index (χ1v) is 5.29. The zero-order valence-corrected chi connectivity index (χ0v) is 9.17. The maximum Gasteiger partial charge on any atom is 0.354 e. The number of aromatic carboxylic acids is 1. The van der Waals surface area contributed by atoms with Crippen LogP contribution in [0.4, 0.5) is 0 Å². The van der Waals surface area contributed by atoms with Gasteiger partial charge in [-0.15, -0.1) is 11.3 Å². The minimum atomic E-state index is -1.19. The van der Waals surface area contributed by atoms with Crippen molar-refractivity contribution in [1.29, 1.82) is 0 Å². The normalized spacial score (nSPS) is 10.3. The van der Waals surface area contributed by atoms with Gasteiger partial charge in [-0.2, -0.15) is 0 Å². The highest BCUT2D eigenvalue weighted by Crippen LogP contribution is 2.19. The quantitative estimate of drug-likeness (QED) is 0.794. The Kier molecular flexibility index (Phi) is 2.57. The summed E-state index contributed by atoms with van der Waals surface area (Å²) in [4.78, 5) is 30.4. The van der Waals surface area contributed by atoms with Gasteiger partial charge in [0.2, 0.25) is 5.78 Å². The number of hydrogen-bond acceptors (Lipinski definition) is 4. The summed E-state index contributed by atoms with van der Waals surface area (Å²) in [5.41, 5.74) is -0.217. The van der Waals surface area contributed by atoms with Crippen LogP contribution in [0.5, 0.6) is 0 Å². The van der Waals surface area contributed by atoms with E-state index in [1.165, 1.54) is 17.7 Å². The molecule has 16 heavy (non-hydrogen) atoms. The molecule has 0 saturated heterocycles. The third-order valence-corrected chi connectivity index (χ3v) is 3.03. The predicted octanol–water partition coefficient (Wildman–Crippen LogP) is 1.71. The van der Waals surface area contributed by atoms with Gasteiger partial charge >= 0.3 is 5.97 Å². The summed E-state index contributed by atoms with van der Waals surface area (Å²) in [5, 5.41) is 8.84. The fourth-order valence-corrected chi connectivity index (χ4v) is 2.11. The molecule has 0 radical (unpaired) electrons. The second-order valence-corrected chi connectivity index (χ2v) is 4.46. The van der Waals surface area contributed by atoms with Gasteiger partial charge in [-0.3, -0.25) is 4.79 Å². The standard InChI is InChI=1S/C10H8N2O3S/c1-5-2-3-6(16-5)9(13)7-8(10(14)15)12-4-11-7/h2-4H,1H3,(H,11,12)(H,14,15). The molecule has 2 aromatic heterocycles. The van der Waals surface area contributed by atoms with Crippen LogP contribution >= 0.6 is 11.3 Å². The molecule has 0 aliphatic carbocycles. The van der Waals surface area contributed by atoms with E-state index in [1.807, 2.05) is 13.0 Å². The summed E-state index contributed by atoms with van der Waals surface area (Å²) < 4.78 is 0. The Morgan fingerprint density at radius 2 is 2.19 bits per heavy atom. The minimum Gasteiger partial charge on any atom is -0.477 e. The van der Waals surface area contributed by atoms with Crippen molar-refractivity contribution in [1.82, 2.24) is 9.97 Å². The van der Waals surface area contributed by atoms with Crippen molar-refractivity contribution in [3.8, 4) is 0 Å². The number of rotatable bonds is 3. The number of carboxylic acid groups (broad SMARTS) is 1. The van der Waals surface area contributed by atoms with E-state index < -0.39 is 5.97 Å². The lowest BCUT2D eigenvalue weighted by Gasteiger charge is -1.94. The van der Waals surface area contributed by atoms with Crippen molar-refractivity contribution in [2.45, 2.75) is 6.92 Å². The highest BCUT2D eigenvalue weighted by molar-refractivity contribution is 7.14. The van der Waals surface area contributed by atoms with Crippen LogP contribution in [0.1, 0.15) is 30.7 Å². The molecule has 6 heteroatoms. The molecule has 2 rings (SSSR count). The number of aryl methyl sites for hydroxylation is 1. The Morgan fingerprint density at radius 1 is 1.44 bits per heavy atom. The number of H-pyrrole nitrogens is 1. The van der Waals surface area contributed by atoms with Gasteiger partial charge in [0.1, 0.15) is 5.69 Å². The number of carbonyl (C=O) groups is 2. The summed E-state index contributed by atoms with van der Waals surface area (Å²) in [5.74, 6) is -1.55. The first-order chi connectivity index (χ1) is 7.59. The molecule has 2 aromatic rings. The number of nitrogens with one attached hydrogen (secondary N) is 1. The molecule has 2 heterocycles. The second-order valence-electron chi connectivity index (χ2n) is 3.17. The lowest BCUT2D eigenvalue weighted by molar-refractivity contribution is 0.0687. The zero-order chi connectivity index (χ0) is 11.7. The molecule has 0 atom stereocenters. The van der Waals surface area contributed by atoms with Crippen molar-refractivity contribution in [3.63, 3.8) is 0 Å². The minimum absolute atomic E-state index is 0.0469. The van der Waals surface area contributed by atoms with Crippen LogP contribution in [0.15, 0.2) is 18.5 Å². The average molecular weight is 236 g/mol. The topological polar surface area (TPSA) is 83.0 Å². The van der Waals surface area contributed by atoms with Crippen molar-refractivity contribution in [2.75, 3.05) is 0 Å². The summed E-state index contributed by atoms with van der Waals surface area (Å²) in [6.07, 6.45) is 1.21. The third-order valence-electron chi connectivity index (χ3n) is 2.03. The fourth-order valence-electron chi connectivity index (χ4n) is 1.30. The molecule has 0 saturated carbocycles. The molecule has 0 bridgehead atoms. The molecular formula is C10H8N2O3S. The SMILES string of the molecule is Cc1ccc(C(=O)c2nc[nH]c2C(=O)O)s1. The van der Waals surface area contributed by atoms with E-state index in [2.05, 4.69) is 9.97 Å². The average Bonchev–Trinajstić information content (AvgIpc) is 2.84. The summed E-state index contributed by atoms with van der Waals surface area (Å²) in [7, 11) is 0. The fraction of sp³-hybridized carbons (Fsp3) is 0.100. The summed E-state index contributed by atoms with van der Waals surface area (Å²) in [6.45, 7) is 1.88. The monoisotopic (exact) mass is 236 g/mol. The maximum atomic E-state index is 11.9. The number of carboxylic acids is 1. The van der Waals surface area contributed by atoms with Gasteiger partial charge in [0, 0.05) is 4.88 Å². The van der Waals surface area contributed by atoms with Crippen LogP contribution in [0.25, 0.3) is 0 Å². The number of ketones is 1. The summed E-state index contributed by atoms with van der Waals surface area (Å²) in [6, 6.07) is 3.48. The third kappa shape index (κ3) is 1.74. The van der Waals surface area contributed by atoms with Gasteiger partial charge < -0.3 is 10.1 Å². The van der Waals surface area contributed by atoms with Crippen LogP contribution in [-0.2, 0) is 0 Å². The van der Waals surface area contributed by atoms with Crippen molar-refractivity contribution in [3.05, 3.63) is 39.6 Å². The molecular weight excluding hydrogens is 228 g/mol. The van der Waals surface area contributed by atoms with Crippen LogP contribution in [0.3, 0.4) is 0 Å². The first kappa shape index (κ1) is 10.6. The van der Waals surface area contributed by atoms with E-state index >= 15 is 0 Å². The van der Waals surface area contributed by atoms with E-state index in [9.17, 15) is 9.59 Å². The van der Waals surface area contributed by atoms with E-state index in [0.29, 0.717) is 4.88 Å². The van der Waals surface area contributed by atoms with Gasteiger partial charge in [0.15, 0.2) is 5.69 Å². The van der Waals surface area contributed by atoms with Gasteiger partial charge in [-0.1, -0.05) is 0 Å². The molecule has 0 aliphatic rings. The van der Waals surface area contributed by atoms with E-state index in [4.69, 9.17) is 5.11 Å². The highest BCUT2D eigenvalue weighted by Gasteiger charge is 2.21. The number of hydrogen-bond donors (Lipinski definition) is 2. The molecule has 82 valence electrons. The number of thiophene rings is 1. The summed E-state index contributed by atoms with van der Waals surface area (Å²) >= 11 is 1.32. The molecule has 2 N–H and O–H groups in total. The lowest BCUT2D eigenvalue weighted by atomic mass is 10.2. The Morgan fingerprint density at radius 3 is 2.75 bits per heavy atom. The number of aromatic amines is 1. The molecule has 0 fully saturated rings. The number of nitrogens with zero attached hydrogens (tertiary/aromatic N) is 1. The maximum absolute atomic E-state index is 11.9. The van der Waals surface area contributed by atoms with Crippen molar-refractivity contribution >= 4 is 23.1 Å². The molecule has 5 nitrogen and oxygen atoms in total. The van der Waals surface area contributed by atoms with Crippen LogP contribution in [0.2, 0.25) is 0 Å². The van der Waals surface area contributed by atoms with Gasteiger partial charge in [0.05, 0.1) is 11.2 Å². The molecule has 0 aromatic carbocycles. The predicted molar refractivity (Wildman–Crippen MR) is 58.0 cm³/mol. The largest absolute Gasteiger partial charge is 0.477 e. The van der Waals surface area contributed by atoms with Crippen LogP contribution in [-0.4, -0.2) is 26.8 Å². The zero-order valence-electron chi connectivity index (χ0n) is 8.35. The first-order valence-electron chi connectivity index (χ1n) is 4.47. The Balaban J connectivity index is 2.41. The Labute approximate surface area is 94.8 Å². The molecule has 0 unspecified atom stereocenters. The Bertz CT molecular complexity index is 556. The van der Waals surface area contributed by atoms with Crippen LogP contribution in [0, 0.1) is 6.92 Å².